The Balaban J connectivity index is 0.00000176. The molecule has 1 amide bonds. The minimum absolute atomic E-state index is 0. The molecule has 22 heavy (non-hydrogen) atoms. The van der Waals surface area contributed by atoms with Crippen LogP contribution in [0.25, 0.3) is 0 Å². The molecule has 1 aromatic rings. The van der Waals surface area contributed by atoms with Crippen LogP contribution in [0.2, 0.25) is 0 Å². The molecule has 0 saturated carbocycles. The molecular weight excluding hydrogens is 300 g/mol. The van der Waals surface area contributed by atoms with Crippen molar-refractivity contribution in [1.29, 1.82) is 0 Å². The maximum absolute atomic E-state index is 12.5. The van der Waals surface area contributed by atoms with Crippen LogP contribution in [0.5, 0.6) is 5.75 Å². The molecule has 5 heteroatoms. The third-order valence-corrected chi connectivity index (χ3v) is 4.45. The molecule has 0 radical (unpaired) electrons. The highest BCUT2D eigenvalue weighted by Gasteiger charge is 2.29. The van der Waals surface area contributed by atoms with Crippen LogP contribution in [0.15, 0.2) is 30.3 Å². The molecule has 2 fully saturated rings. The third kappa shape index (κ3) is 4.37. The van der Waals surface area contributed by atoms with Crippen molar-refractivity contribution in [2.75, 3.05) is 26.2 Å². The Morgan fingerprint density at radius 2 is 1.86 bits per heavy atom. The highest BCUT2D eigenvalue weighted by Crippen LogP contribution is 2.21. The summed E-state index contributed by atoms with van der Waals surface area (Å²) in [5.41, 5.74) is 0. The Morgan fingerprint density at radius 1 is 1.14 bits per heavy atom. The third-order valence-electron chi connectivity index (χ3n) is 4.45. The zero-order valence-electron chi connectivity index (χ0n) is 12.9. The second kappa shape index (κ2) is 8.39. The summed E-state index contributed by atoms with van der Waals surface area (Å²) in [5, 5.41) is 3.32. The van der Waals surface area contributed by atoms with E-state index in [4.69, 9.17) is 4.74 Å². The van der Waals surface area contributed by atoms with Crippen molar-refractivity contribution in [2.45, 2.75) is 31.8 Å². The number of piperidine rings is 2. The van der Waals surface area contributed by atoms with Crippen molar-refractivity contribution in [2.24, 2.45) is 5.92 Å². The average Bonchev–Trinajstić information content (AvgIpc) is 2.57. The Hall–Kier alpha value is -1.26. The molecule has 1 N–H and O–H groups in total. The first-order valence-electron chi connectivity index (χ1n) is 8.04. The van der Waals surface area contributed by atoms with Gasteiger partial charge < -0.3 is 15.0 Å². The highest BCUT2D eigenvalue weighted by atomic mass is 35.5. The molecule has 0 spiro atoms. The first-order chi connectivity index (χ1) is 10.3. The quantitative estimate of drug-likeness (QED) is 0.928. The summed E-state index contributed by atoms with van der Waals surface area (Å²) in [4.78, 5) is 14.5. The molecule has 0 aliphatic carbocycles. The van der Waals surface area contributed by atoms with Crippen molar-refractivity contribution in [1.82, 2.24) is 10.2 Å². The summed E-state index contributed by atoms with van der Waals surface area (Å²) >= 11 is 0. The molecule has 1 aromatic carbocycles. The Morgan fingerprint density at radius 3 is 2.50 bits per heavy atom. The minimum atomic E-state index is 0. The summed E-state index contributed by atoms with van der Waals surface area (Å²) in [6, 6.07) is 9.96. The predicted octanol–water partition coefficient (Wildman–Crippen LogP) is 2.48. The van der Waals surface area contributed by atoms with E-state index < -0.39 is 0 Å². The molecule has 2 aliphatic rings. The van der Waals surface area contributed by atoms with Gasteiger partial charge in [-0.2, -0.15) is 0 Å². The molecule has 2 saturated heterocycles. The van der Waals surface area contributed by atoms with Gasteiger partial charge in [-0.3, -0.25) is 4.79 Å². The summed E-state index contributed by atoms with van der Waals surface area (Å²) in [6.07, 6.45) is 4.25. The van der Waals surface area contributed by atoms with Gasteiger partial charge in [-0.15, -0.1) is 12.4 Å². The van der Waals surface area contributed by atoms with E-state index in [0.29, 0.717) is 5.91 Å². The molecule has 1 atom stereocenters. The van der Waals surface area contributed by atoms with E-state index in [2.05, 4.69) is 5.32 Å². The summed E-state index contributed by atoms with van der Waals surface area (Å²) < 4.78 is 5.98. The number of ether oxygens (including phenoxy) is 1. The van der Waals surface area contributed by atoms with Gasteiger partial charge in [0.15, 0.2) is 0 Å². The topological polar surface area (TPSA) is 41.6 Å². The minimum Gasteiger partial charge on any atom is -0.490 e. The molecular formula is C17H25ClN2O2. The van der Waals surface area contributed by atoms with E-state index in [0.717, 1.165) is 57.6 Å². The lowest BCUT2D eigenvalue weighted by Crippen LogP contribution is -2.47. The maximum Gasteiger partial charge on any atom is 0.226 e. The first kappa shape index (κ1) is 17.1. The van der Waals surface area contributed by atoms with E-state index in [1.54, 1.807) is 0 Å². The van der Waals surface area contributed by atoms with Gasteiger partial charge in [0.25, 0.3) is 0 Å². The van der Waals surface area contributed by atoms with E-state index >= 15 is 0 Å². The molecule has 2 aliphatic heterocycles. The first-order valence-corrected chi connectivity index (χ1v) is 8.04. The number of nitrogens with one attached hydrogen (secondary N) is 1. The Kier molecular flexibility index (Phi) is 6.52. The molecule has 122 valence electrons. The van der Waals surface area contributed by atoms with Crippen LogP contribution < -0.4 is 10.1 Å². The molecule has 4 nitrogen and oxygen atoms in total. The monoisotopic (exact) mass is 324 g/mol. The fourth-order valence-electron chi connectivity index (χ4n) is 3.21. The smallest absolute Gasteiger partial charge is 0.226 e. The van der Waals surface area contributed by atoms with Gasteiger partial charge in [0.05, 0.1) is 5.92 Å². The fourth-order valence-corrected chi connectivity index (χ4v) is 3.21. The van der Waals surface area contributed by atoms with Crippen LogP contribution in [-0.4, -0.2) is 43.1 Å². The Labute approximate surface area is 138 Å². The van der Waals surface area contributed by atoms with Crippen molar-refractivity contribution in [3.05, 3.63) is 30.3 Å². The van der Waals surface area contributed by atoms with Crippen LogP contribution >= 0.6 is 12.4 Å². The van der Waals surface area contributed by atoms with Crippen molar-refractivity contribution < 1.29 is 9.53 Å². The van der Waals surface area contributed by atoms with Crippen molar-refractivity contribution in [3.8, 4) is 5.75 Å². The number of rotatable bonds is 3. The van der Waals surface area contributed by atoms with Crippen LogP contribution in [-0.2, 0) is 4.79 Å². The standard InChI is InChI=1S/C17H24N2O2.ClH/c20-17(14-5-4-10-18-13-14)19-11-8-16(9-12-19)21-15-6-2-1-3-7-15;/h1-3,6-7,14,16,18H,4-5,8-13H2;1H. The Bertz CT molecular complexity index is 455. The number of nitrogens with zero attached hydrogens (tertiary/aromatic N) is 1. The molecule has 3 rings (SSSR count). The number of hydrogen-bond donors (Lipinski definition) is 1. The van der Waals surface area contributed by atoms with E-state index in [1.807, 2.05) is 35.2 Å². The summed E-state index contributed by atoms with van der Waals surface area (Å²) in [6.45, 7) is 3.55. The lowest BCUT2D eigenvalue weighted by atomic mass is 9.96. The zero-order chi connectivity index (χ0) is 14.5. The van der Waals surface area contributed by atoms with Gasteiger partial charge in [-0.25, -0.2) is 0 Å². The average molecular weight is 325 g/mol. The SMILES string of the molecule is Cl.O=C(C1CCCNC1)N1CCC(Oc2ccccc2)CC1. The van der Waals surface area contributed by atoms with Crippen LogP contribution in [0.3, 0.4) is 0 Å². The van der Waals surface area contributed by atoms with Crippen LogP contribution in [0.4, 0.5) is 0 Å². The highest BCUT2D eigenvalue weighted by molar-refractivity contribution is 5.85. The molecule has 2 heterocycles. The van der Waals surface area contributed by atoms with Gasteiger partial charge in [0.1, 0.15) is 11.9 Å². The number of likely N-dealkylation sites (tertiary alicyclic amines) is 1. The summed E-state index contributed by atoms with van der Waals surface area (Å²) in [7, 11) is 0. The van der Waals surface area contributed by atoms with Crippen LogP contribution in [0.1, 0.15) is 25.7 Å². The largest absolute Gasteiger partial charge is 0.490 e. The lowest BCUT2D eigenvalue weighted by molar-refractivity contribution is -0.137. The van der Waals surface area contributed by atoms with Gasteiger partial charge >= 0.3 is 0 Å². The summed E-state index contributed by atoms with van der Waals surface area (Å²) in [5.74, 6) is 1.45. The number of halogens is 1. The van der Waals surface area contributed by atoms with E-state index in [-0.39, 0.29) is 24.4 Å². The van der Waals surface area contributed by atoms with Gasteiger partial charge in [-0.1, -0.05) is 18.2 Å². The molecule has 0 bridgehead atoms. The lowest BCUT2D eigenvalue weighted by Gasteiger charge is -2.35. The van der Waals surface area contributed by atoms with Crippen molar-refractivity contribution in [3.63, 3.8) is 0 Å². The molecule has 0 aromatic heterocycles. The number of carbonyl (C=O) groups is 1. The van der Waals surface area contributed by atoms with Gasteiger partial charge in [0.2, 0.25) is 5.91 Å². The number of para-hydroxylation sites is 1. The van der Waals surface area contributed by atoms with Crippen LogP contribution in [0, 0.1) is 5.92 Å². The number of benzene rings is 1. The fraction of sp³-hybridized carbons (Fsp3) is 0.588. The second-order valence-electron chi connectivity index (χ2n) is 6.00. The maximum atomic E-state index is 12.5. The number of hydrogen-bond acceptors (Lipinski definition) is 3. The second-order valence-corrected chi connectivity index (χ2v) is 6.00. The van der Waals surface area contributed by atoms with E-state index in [9.17, 15) is 4.79 Å². The number of amides is 1. The predicted molar refractivity (Wildman–Crippen MR) is 89.5 cm³/mol. The number of carbonyl (C=O) groups excluding carboxylic acids is 1. The molecule has 1 unspecified atom stereocenters. The van der Waals surface area contributed by atoms with Crippen molar-refractivity contribution >= 4 is 18.3 Å². The van der Waals surface area contributed by atoms with Gasteiger partial charge in [-0.05, 0) is 31.5 Å². The normalized spacial score (nSPS) is 22.7. The van der Waals surface area contributed by atoms with Gasteiger partial charge in [0, 0.05) is 32.5 Å². The zero-order valence-corrected chi connectivity index (χ0v) is 13.7. The van der Waals surface area contributed by atoms with E-state index in [1.165, 1.54) is 0 Å².